The number of rotatable bonds is 3. The Kier molecular flexibility index (Phi) is 3.41. The van der Waals surface area contributed by atoms with E-state index >= 15 is 0 Å². The van der Waals surface area contributed by atoms with E-state index in [4.69, 9.17) is 0 Å². The van der Waals surface area contributed by atoms with Crippen LogP contribution in [-0.4, -0.2) is 29.0 Å². The van der Waals surface area contributed by atoms with Crippen molar-refractivity contribution in [1.29, 1.82) is 0 Å². The lowest BCUT2D eigenvalue weighted by Crippen LogP contribution is -2.20. The molecule has 2 aromatic rings. The molecule has 1 fully saturated rings. The van der Waals surface area contributed by atoms with Crippen LogP contribution in [0.5, 0.6) is 0 Å². The van der Waals surface area contributed by atoms with Crippen LogP contribution in [0.4, 0.5) is 11.6 Å². The van der Waals surface area contributed by atoms with Crippen LogP contribution in [0, 0.1) is 0 Å². The Morgan fingerprint density at radius 2 is 2.00 bits per heavy atom. The van der Waals surface area contributed by atoms with Crippen LogP contribution < -0.4 is 10.2 Å². The molecule has 0 radical (unpaired) electrons. The van der Waals surface area contributed by atoms with E-state index in [-0.39, 0.29) is 5.91 Å². The third kappa shape index (κ3) is 2.73. The van der Waals surface area contributed by atoms with Crippen molar-refractivity contribution in [3.63, 3.8) is 0 Å². The Hall–Kier alpha value is -1.95. The summed E-state index contributed by atoms with van der Waals surface area (Å²) in [6, 6.07) is 3.64. The molecule has 0 spiro atoms. The summed E-state index contributed by atoms with van der Waals surface area (Å²) >= 11 is 1.41. The van der Waals surface area contributed by atoms with Gasteiger partial charge in [-0.25, -0.2) is 9.97 Å². The van der Waals surface area contributed by atoms with Gasteiger partial charge in [-0.05, 0) is 24.3 Å². The number of hydrogen-bond donors (Lipinski definition) is 1. The van der Waals surface area contributed by atoms with Gasteiger partial charge >= 0.3 is 0 Å². The molecule has 3 rings (SSSR count). The molecule has 2 aromatic heterocycles. The maximum atomic E-state index is 11.8. The van der Waals surface area contributed by atoms with E-state index in [0.29, 0.717) is 10.6 Å². The zero-order valence-corrected chi connectivity index (χ0v) is 11.2. The van der Waals surface area contributed by atoms with E-state index in [9.17, 15) is 4.79 Å². The van der Waals surface area contributed by atoms with Gasteiger partial charge in [0.25, 0.3) is 5.91 Å². The van der Waals surface area contributed by atoms with E-state index < -0.39 is 0 Å². The van der Waals surface area contributed by atoms with Crippen molar-refractivity contribution in [2.75, 3.05) is 23.3 Å². The van der Waals surface area contributed by atoms with Crippen LogP contribution in [-0.2, 0) is 0 Å². The number of amides is 1. The zero-order valence-electron chi connectivity index (χ0n) is 10.4. The molecule has 1 aliphatic rings. The molecule has 0 aromatic carbocycles. The van der Waals surface area contributed by atoms with E-state index in [0.717, 1.165) is 19.0 Å². The van der Waals surface area contributed by atoms with Gasteiger partial charge in [0.15, 0.2) is 0 Å². The molecule has 1 amide bonds. The lowest BCUT2D eigenvalue weighted by atomic mass is 10.4. The summed E-state index contributed by atoms with van der Waals surface area (Å²) in [7, 11) is 0. The van der Waals surface area contributed by atoms with E-state index in [1.807, 2.05) is 11.4 Å². The monoisotopic (exact) mass is 274 g/mol. The minimum absolute atomic E-state index is 0.118. The minimum Gasteiger partial charge on any atom is -0.341 e. The molecule has 19 heavy (non-hydrogen) atoms. The predicted molar refractivity (Wildman–Crippen MR) is 75.8 cm³/mol. The molecule has 1 saturated heterocycles. The van der Waals surface area contributed by atoms with Crippen LogP contribution in [0.1, 0.15) is 22.5 Å². The first-order valence-electron chi connectivity index (χ1n) is 6.25. The van der Waals surface area contributed by atoms with E-state index in [2.05, 4.69) is 20.2 Å². The standard InChI is InChI=1S/C13H14N4OS/c18-12(11-4-3-7-19-11)16-10-8-14-13(15-9-10)17-5-1-2-6-17/h3-4,7-9H,1-2,5-6H2,(H,16,18). The summed E-state index contributed by atoms with van der Waals surface area (Å²) in [5, 5.41) is 4.67. The number of hydrogen-bond acceptors (Lipinski definition) is 5. The van der Waals surface area contributed by atoms with Gasteiger partial charge in [0.2, 0.25) is 5.95 Å². The molecule has 0 unspecified atom stereocenters. The smallest absolute Gasteiger partial charge is 0.265 e. The maximum Gasteiger partial charge on any atom is 0.265 e. The number of anilines is 2. The Bertz CT molecular complexity index is 547. The highest BCUT2D eigenvalue weighted by molar-refractivity contribution is 7.12. The number of thiophene rings is 1. The second-order valence-corrected chi connectivity index (χ2v) is 5.35. The lowest BCUT2D eigenvalue weighted by Gasteiger charge is -2.14. The first-order valence-corrected chi connectivity index (χ1v) is 7.13. The highest BCUT2D eigenvalue weighted by Crippen LogP contribution is 2.17. The summed E-state index contributed by atoms with van der Waals surface area (Å²) in [5.74, 6) is 0.624. The van der Waals surface area contributed by atoms with Gasteiger partial charge in [-0.15, -0.1) is 11.3 Å². The van der Waals surface area contributed by atoms with Crippen molar-refractivity contribution in [3.8, 4) is 0 Å². The average Bonchev–Trinajstić information content (AvgIpc) is 3.13. The molecular formula is C13H14N4OS. The number of nitrogens with one attached hydrogen (secondary N) is 1. The second kappa shape index (κ2) is 5.36. The Balaban J connectivity index is 1.67. The topological polar surface area (TPSA) is 58.1 Å². The summed E-state index contributed by atoms with van der Waals surface area (Å²) in [5.41, 5.74) is 0.626. The summed E-state index contributed by atoms with van der Waals surface area (Å²) in [6.45, 7) is 2.03. The Morgan fingerprint density at radius 3 is 2.63 bits per heavy atom. The van der Waals surface area contributed by atoms with Gasteiger partial charge < -0.3 is 10.2 Å². The highest BCUT2D eigenvalue weighted by atomic mass is 32.1. The summed E-state index contributed by atoms with van der Waals surface area (Å²) in [4.78, 5) is 23.3. The Morgan fingerprint density at radius 1 is 1.26 bits per heavy atom. The summed E-state index contributed by atoms with van der Waals surface area (Å²) < 4.78 is 0. The van der Waals surface area contributed by atoms with Gasteiger partial charge in [-0.2, -0.15) is 0 Å². The fraction of sp³-hybridized carbons (Fsp3) is 0.308. The van der Waals surface area contributed by atoms with Crippen molar-refractivity contribution in [1.82, 2.24) is 9.97 Å². The van der Waals surface area contributed by atoms with Gasteiger partial charge in [-0.3, -0.25) is 4.79 Å². The van der Waals surface area contributed by atoms with Crippen molar-refractivity contribution >= 4 is 28.9 Å². The number of aromatic nitrogens is 2. The maximum absolute atomic E-state index is 11.8. The summed E-state index contributed by atoms with van der Waals surface area (Å²) in [6.07, 6.45) is 5.71. The molecule has 5 nitrogen and oxygen atoms in total. The van der Waals surface area contributed by atoms with Crippen LogP contribution >= 0.6 is 11.3 Å². The SMILES string of the molecule is O=C(Nc1cnc(N2CCCC2)nc1)c1cccs1. The van der Waals surface area contributed by atoms with Crippen LogP contribution in [0.25, 0.3) is 0 Å². The fourth-order valence-corrected chi connectivity index (χ4v) is 2.69. The molecule has 3 heterocycles. The van der Waals surface area contributed by atoms with Gasteiger partial charge in [-0.1, -0.05) is 6.07 Å². The zero-order chi connectivity index (χ0) is 13.1. The molecule has 0 bridgehead atoms. The first-order chi connectivity index (χ1) is 9.33. The molecule has 98 valence electrons. The van der Waals surface area contributed by atoms with E-state index in [1.165, 1.54) is 24.2 Å². The fourth-order valence-electron chi connectivity index (χ4n) is 2.07. The lowest BCUT2D eigenvalue weighted by molar-refractivity contribution is 0.103. The van der Waals surface area contributed by atoms with Crippen LogP contribution in [0.3, 0.4) is 0 Å². The first kappa shape index (κ1) is 12.1. The van der Waals surface area contributed by atoms with E-state index in [1.54, 1.807) is 18.5 Å². The van der Waals surface area contributed by atoms with Crippen molar-refractivity contribution < 1.29 is 4.79 Å². The normalized spacial score (nSPS) is 14.6. The molecule has 0 aliphatic carbocycles. The van der Waals surface area contributed by atoms with Crippen molar-refractivity contribution in [2.45, 2.75) is 12.8 Å². The molecular weight excluding hydrogens is 260 g/mol. The number of carbonyl (C=O) groups excluding carboxylic acids is 1. The van der Waals surface area contributed by atoms with Gasteiger partial charge in [0.05, 0.1) is 23.0 Å². The number of carbonyl (C=O) groups is 1. The largest absolute Gasteiger partial charge is 0.341 e. The average molecular weight is 274 g/mol. The molecule has 1 aliphatic heterocycles. The van der Waals surface area contributed by atoms with Crippen molar-refractivity contribution in [3.05, 3.63) is 34.8 Å². The van der Waals surface area contributed by atoms with Crippen molar-refractivity contribution in [2.24, 2.45) is 0 Å². The third-order valence-electron chi connectivity index (χ3n) is 3.03. The van der Waals surface area contributed by atoms with Crippen LogP contribution in [0.2, 0.25) is 0 Å². The van der Waals surface area contributed by atoms with Gasteiger partial charge in [0, 0.05) is 13.1 Å². The van der Waals surface area contributed by atoms with Crippen LogP contribution in [0.15, 0.2) is 29.9 Å². The number of nitrogens with zero attached hydrogens (tertiary/aromatic N) is 3. The second-order valence-electron chi connectivity index (χ2n) is 4.40. The molecule has 6 heteroatoms. The quantitative estimate of drug-likeness (QED) is 0.933. The molecule has 0 atom stereocenters. The highest BCUT2D eigenvalue weighted by Gasteiger charge is 2.14. The van der Waals surface area contributed by atoms with Gasteiger partial charge in [0.1, 0.15) is 0 Å². The predicted octanol–water partition coefficient (Wildman–Crippen LogP) is 2.39. The Labute approximate surface area is 115 Å². The minimum atomic E-state index is -0.118. The third-order valence-corrected chi connectivity index (χ3v) is 3.90. The molecule has 1 N–H and O–H groups in total. The molecule has 0 saturated carbocycles.